The molecule has 2 saturated heterocycles. The van der Waals surface area contributed by atoms with E-state index in [9.17, 15) is 0 Å². The zero-order valence-electron chi connectivity index (χ0n) is 12.6. The zero-order valence-corrected chi connectivity index (χ0v) is 12.6. The maximum Gasteiger partial charge on any atom is 0.0855 e. The molecule has 19 heavy (non-hydrogen) atoms. The molecular weight excluding hydrogens is 240 g/mol. The fourth-order valence-corrected chi connectivity index (χ4v) is 3.18. The van der Waals surface area contributed by atoms with Gasteiger partial charge in [0.15, 0.2) is 0 Å². The van der Waals surface area contributed by atoms with E-state index in [0.717, 1.165) is 39.4 Å². The second-order valence-corrected chi connectivity index (χ2v) is 5.68. The van der Waals surface area contributed by atoms with Crippen molar-refractivity contribution in [2.24, 2.45) is 0 Å². The Bertz CT molecular complexity index is 244. The van der Waals surface area contributed by atoms with Crippen LogP contribution in [0.1, 0.15) is 39.5 Å². The van der Waals surface area contributed by atoms with Crippen LogP contribution < -0.4 is 5.32 Å². The summed E-state index contributed by atoms with van der Waals surface area (Å²) >= 11 is 0. The van der Waals surface area contributed by atoms with Crippen molar-refractivity contribution in [1.82, 2.24) is 10.2 Å². The van der Waals surface area contributed by atoms with Gasteiger partial charge in [-0.3, -0.25) is 4.90 Å². The third-order valence-corrected chi connectivity index (χ3v) is 4.36. The van der Waals surface area contributed by atoms with E-state index < -0.39 is 0 Å². The van der Waals surface area contributed by atoms with E-state index in [4.69, 9.17) is 9.47 Å². The van der Waals surface area contributed by atoms with Gasteiger partial charge in [0.1, 0.15) is 0 Å². The van der Waals surface area contributed by atoms with Crippen LogP contribution in [0, 0.1) is 0 Å². The van der Waals surface area contributed by atoms with Crippen LogP contribution in [0.3, 0.4) is 0 Å². The molecule has 112 valence electrons. The lowest BCUT2D eigenvalue weighted by Gasteiger charge is -2.37. The Morgan fingerprint density at radius 1 is 1.26 bits per heavy atom. The molecule has 0 aliphatic carbocycles. The lowest BCUT2D eigenvalue weighted by Crippen LogP contribution is -2.52. The average Bonchev–Trinajstić information content (AvgIpc) is 2.97. The molecule has 1 N–H and O–H groups in total. The van der Waals surface area contributed by atoms with Crippen molar-refractivity contribution >= 4 is 0 Å². The first-order valence-electron chi connectivity index (χ1n) is 8.02. The molecule has 2 rings (SSSR count). The van der Waals surface area contributed by atoms with Gasteiger partial charge in [-0.05, 0) is 38.8 Å². The van der Waals surface area contributed by atoms with E-state index in [1.807, 2.05) is 0 Å². The van der Waals surface area contributed by atoms with E-state index in [2.05, 4.69) is 24.1 Å². The number of nitrogens with zero attached hydrogens (tertiary/aromatic N) is 1. The van der Waals surface area contributed by atoms with E-state index in [1.165, 1.54) is 25.7 Å². The molecule has 0 radical (unpaired) electrons. The van der Waals surface area contributed by atoms with Gasteiger partial charge in [-0.2, -0.15) is 0 Å². The summed E-state index contributed by atoms with van der Waals surface area (Å²) in [4.78, 5) is 2.49. The minimum Gasteiger partial charge on any atom is -0.378 e. The summed E-state index contributed by atoms with van der Waals surface area (Å²) in [6, 6.07) is 0.476. The molecule has 0 spiro atoms. The molecule has 3 unspecified atom stereocenters. The van der Waals surface area contributed by atoms with Crippen LogP contribution in [0.4, 0.5) is 0 Å². The topological polar surface area (TPSA) is 33.7 Å². The van der Waals surface area contributed by atoms with Crippen molar-refractivity contribution in [3.8, 4) is 0 Å². The number of hydrogen-bond donors (Lipinski definition) is 1. The van der Waals surface area contributed by atoms with Crippen LogP contribution in [0.15, 0.2) is 0 Å². The fraction of sp³-hybridized carbons (Fsp3) is 1.00. The maximum atomic E-state index is 5.99. The Balaban J connectivity index is 1.79. The zero-order chi connectivity index (χ0) is 13.5. The van der Waals surface area contributed by atoms with Gasteiger partial charge in [-0.1, -0.05) is 13.8 Å². The summed E-state index contributed by atoms with van der Waals surface area (Å²) in [5, 5.41) is 3.61. The van der Waals surface area contributed by atoms with Gasteiger partial charge < -0.3 is 14.8 Å². The quantitative estimate of drug-likeness (QED) is 0.762. The minimum atomic E-state index is 0.343. The molecule has 0 amide bonds. The maximum absolute atomic E-state index is 5.99. The van der Waals surface area contributed by atoms with Crippen molar-refractivity contribution in [1.29, 1.82) is 0 Å². The number of morpholine rings is 1. The number of nitrogens with one attached hydrogen (secondary N) is 1. The summed E-state index contributed by atoms with van der Waals surface area (Å²) < 4.78 is 11.7. The first-order chi connectivity index (χ1) is 9.33. The summed E-state index contributed by atoms with van der Waals surface area (Å²) in [6.07, 6.45) is 5.65. The Labute approximate surface area is 117 Å². The molecule has 4 heteroatoms. The second kappa shape index (κ2) is 8.20. The lowest BCUT2D eigenvalue weighted by molar-refractivity contribution is -0.0479. The molecule has 2 fully saturated rings. The van der Waals surface area contributed by atoms with Gasteiger partial charge in [0, 0.05) is 25.7 Å². The monoisotopic (exact) mass is 270 g/mol. The fourth-order valence-electron chi connectivity index (χ4n) is 3.18. The Morgan fingerprint density at radius 3 is 2.84 bits per heavy atom. The van der Waals surface area contributed by atoms with E-state index >= 15 is 0 Å². The SMILES string of the molecule is CCNC(CCC1CCCO1)C1CN(CC)CCO1. The van der Waals surface area contributed by atoms with Gasteiger partial charge in [0.05, 0.1) is 18.8 Å². The lowest BCUT2D eigenvalue weighted by atomic mass is 10.00. The van der Waals surface area contributed by atoms with Crippen molar-refractivity contribution < 1.29 is 9.47 Å². The number of rotatable bonds is 7. The van der Waals surface area contributed by atoms with E-state index in [-0.39, 0.29) is 0 Å². The molecule has 0 aromatic heterocycles. The van der Waals surface area contributed by atoms with Crippen molar-refractivity contribution in [2.75, 3.05) is 39.4 Å². The van der Waals surface area contributed by atoms with Gasteiger partial charge >= 0.3 is 0 Å². The predicted molar refractivity (Wildman–Crippen MR) is 77.5 cm³/mol. The highest BCUT2D eigenvalue weighted by Crippen LogP contribution is 2.20. The van der Waals surface area contributed by atoms with E-state index in [0.29, 0.717) is 18.2 Å². The van der Waals surface area contributed by atoms with Crippen LogP contribution in [-0.4, -0.2) is 62.5 Å². The van der Waals surface area contributed by atoms with Crippen molar-refractivity contribution in [3.63, 3.8) is 0 Å². The molecule has 2 aliphatic rings. The molecular formula is C15H30N2O2. The van der Waals surface area contributed by atoms with E-state index in [1.54, 1.807) is 0 Å². The molecule has 0 saturated carbocycles. The molecule has 0 aromatic rings. The number of hydrogen-bond acceptors (Lipinski definition) is 4. The van der Waals surface area contributed by atoms with Crippen LogP contribution in [0.25, 0.3) is 0 Å². The summed E-state index contributed by atoms with van der Waals surface area (Å²) in [5.41, 5.74) is 0. The first kappa shape index (κ1) is 15.2. The van der Waals surface area contributed by atoms with Crippen molar-refractivity contribution in [2.45, 2.75) is 57.8 Å². The predicted octanol–water partition coefficient (Wildman–Crippen LogP) is 1.64. The van der Waals surface area contributed by atoms with Crippen molar-refractivity contribution in [3.05, 3.63) is 0 Å². The number of ether oxygens (including phenoxy) is 2. The van der Waals surface area contributed by atoms with Gasteiger partial charge in [-0.25, -0.2) is 0 Å². The summed E-state index contributed by atoms with van der Waals surface area (Å²) in [5.74, 6) is 0. The Kier molecular flexibility index (Phi) is 6.57. The molecule has 2 aliphatic heterocycles. The average molecular weight is 270 g/mol. The molecule has 0 aromatic carbocycles. The molecule has 2 heterocycles. The Hall–Kier alpha value is -0.160. The number of likely N-dealkylation sites (N-methyl/N-ethyl adjacent to an activating group) is 2. The summed E-state index contributed by atoms with van der Waals surface area (Å²) in [7, 11) is 0. The van der Waals surface area contributed by atoms with Crippen LogP contribution in [-0.2, 0) is 9.47 Å². The second-order valence-electron chi connectivity index (χ2n) is 5.68. The van der Waals surface area contributed by atoms with Crippen LogP contribution >= 0.6 is 0 Å². The first-order valence-corrected chi connectivity index (χ1v) is 8.02. The third kappa shape index (κ3) is 4.71. The Morgan fingerprint density at radius 2 is 2.16 bits per heavy atom. The highest BCUT2D eigenvalue weighted by Gasteiger charge is 2.28. The van der Waals surface area contributed by atoms with Gasteiger partial charge in [-0.15, -0.1) is 0 Å². The smallest absolute Gasteiger partial charge is 0.0855 e. The normalized spacial score (nSPS) is 30.6. The standard InChI is InChI=1S/C15H30N2O2/c1-3-16-14(8-7-13-6-5-10-18-13)15-12-17(4-2)9-11-19-15/h13-16H,3-12H2,1-2H3. The molecule has 0 bridgehead atoms. The third-order valence-electron chi connectivity index (χ3n) is 4.36. The largest absolute Gasteiger partial charge is 0.378 e. The summed E-state index contributed by atoms with van der Waals surface area (Å²) in [6.45, 7) is 10.5. The van der Waals surface area contributed by atoms with Gasteiger partial charge in [0.25, 0.3) is 0 Å². The van der Waals surface area contributed by atoms with Gasteiger partial charge in [0.2, 0.25) is 0 Å². The van der Waals surface area contributed by atoms with Crippen LogP contribution in [0.5, 0.6) is 0 Å². The highest BCUT2D eigenvalue weighted by atomic mass is 16.5. The van der Waals surface area contributed by atoms with Crippen LogP contribution in [0.2, 0.25) is 0 Å². The molecule has 4 nitrogen and oxygen atoms in total. The molecule has 3 atom stereocenters. The minimum absolute atomic E-state index is 0.343. The highest BCUT2D eigenvalue weighted by molar-refractivity contribution is 4.83.